The smallest absolute Gasteiger partial charge is 0.191 e. The van der Waals surface area contributed by atoms with Crippen LogP contribution in [0.1, 0.15) is 58.3 Å². The van der Waals surface area contributed by atoms with E-state index in [0.717, 1.165) is 31.4 Å². The molecule has 5 heteroatoms. The van der Waals surface area contributed by atoms with Gasteiger partial charge in [0.25, 0.3) is 0 Å². The Labute approximate surface area is 147 Å². The number of aliphatic imine (C=N–C) groups is 1. The van der Waals surface area contributed by atoms with Crippen molar-refractivity contribution < 1.29 is 4.74 Å². The van der Waals surface area contributed by atoms with Crippen molar-refractivity contribution in [1.29, 1.82) is 0 Å². The van der Waals surface area contributed by atoms with Gasteiger partial charge >= 0.3 is 0 Å². The summed E-state index contributed by atoms with van der Waals surface area (Å²) < 4.78 is 5.97. The van der Waals surface area contributed by atoms with Crippen LogP contribution in [0.2, 0.25) is 0 Å². The molecule has 0 radical (unpaired) electrons. The van der Waals surface area contributed by atoms with Gasteiger partial charge < -0.3 is 20.3 Å². The fourth-order valence-electron chi connectivity index (χ4n) is 4.72. The van der Waals surface area contributed by atoms with E-state index in [0.29, 0.717) is 24.3 Å². The average Bonchev–Trinajstić information content (AvgIpc) is 3.18. The largest absolute Gasteiger partial charge is 0.373 e. The second kappa shape index (κ2) is 8.52. The highest BCUT2D eigenvalue weighted by Crippen LogP contribution is 2.34. The molecule has 0 amide bonds. The Bertz CT molecular complexity index is 420. The van der Waals surface area contributed by atoms with Crippen molar-refractivity contribution >= 4 is 5.96 Å². The minimum atomic E-state index is 0.391. The van der Waals surface area contributed by atoms with Crippen LogP contribution in [0, 0.1) is 5.92 Å². The van der Waals surface area contributed by atoms with E-state index in [2.05, 4.69) is 36.6 Å². The van der Waals surface area contributed by atoms with Crippen LogP contribution in [0.3, 0.4) is 0 Å². The summed E-state index contributed by atoms with van der Waals surface area (Å²) in [7, 11) is 4.41. The monoisotopic (exact) mass is 336 g/mol. The van der Waals surface area contributed by atoms with Crippen LogP contribution in [0.15, 0.2) is 4.99 Å². The Morgan fingerprint density at radius 1 is 1.17 bits per heavy atom. The number of likely N-dealkylation sites (N-methyl/N-ethyl adjacent to an activating group) is 1. The Kier molecular flexibility index (Phi) is 6.39. The summed E-state index contributed by atoms with van der Waals surface area (Å²) in [5.41, 5.74) is 0. The first-order chi connectivity index (χ1) is 11.7. The number of fused-ring (bicyclic) bond motifs is 2. The number of hydrogen-bond donors (Lipinski definition) is 2. The van der Waals surface area contributed by atoms with Gasteiger partial charge in [0, 0.05) is 12.6 Å². The molecule has 138 valence electrons. The Morgan fingerprint density at radius 2 is 1.96 bits per heavy atom. The fraction of sp³-hybridized carbons (Fsp3) is 0.947. The van der Waals surface area contributed by atoms with Gasteiger partial charge in [-0.25, -0.2) is 0 Å². The van der Waals surface area contributed by atoms with Crippen molar-refractivity contribution in [2.75, 3.05) is 27.2 Å². The minimum Gasteiger partial charge on any atom is -0.373 e. The molecule has 2 aliphatic heterocycles. The molecule has 3 rings (SSSR count). The molecule has 0 aromatic rings. The molecule has 1 saturated carbocycles. The van der Waals surface area contributed by atoms with E-state index in [1.807, 2.05) is 0 Å². The van der Waals surface area contributed by atoms with Gasteiger partial charge in [-0.15, -0.1) is 0 Å². The van der Waals surface area contributed by atoms with Crippen LogP contribution < -0.4 is 10.6 Å². The van der Waals surface area contributed by atoms with E-state index in [1.165, 1.54) is 44.9 Å². The van der Waals surface area contributed by atoms with E-state index in [4.69, 9.17) is 9.73 Å². The standard InChI is InChI=1S/C19H36N4O/c1-4-20-19(22-16-12-15-10-11-18(16)24-15)21-13-17(23(2)3)14-8-6-5-7-9-14/h14-18H,4-13H2,1-3H3,(H2,20,21,22). The molecule has 1 aliphatic carbocycles. The maximum atomic E-state index is 5.97. The lowest BCUT2D eigenvalue weighted by atomic mass is 9.83. The molecular formula is C19H36N4O. The van der Waals surface area contributed by atoms with Crippen molar-refractivity contribution in [2.45, 2.75) is 82.6 Å². The Morgan fingerprint density at radius 3 is 2.54 bits per heavy atom. The second-order valence-electron chi connectivity index (χ2n) is 8.01. The van der Waals surface area contributed by atoms with Crippen molar-refractivity contribution in [3.05, 3.63) is 0 Å². The molecule has 0 spiro atoms. The van der Waals surface area contributed by atoms with Crippen LogP contribution in [-0.2, 0) is 4.74 Å². The SMILES string of the molecule is CCNC(=NCC(C1CCCCC1)N(C)C)NC1CC2CCC1O2. The van der Waals surface area contributed by atoms with E-state index >= 15 is 0 Å². The van der Waals surface area contributed by atoms with Gasteiger partial charge in [0.1, 0.15) is 0 Å². The van der Waals surface area contributed by atoms with E-state index in [-0.39, 0.29) is 0 Å². The van der Waals surface area contributed by atoms with E-state index < -0.39 is 0 Å². The number of guanidine groups is 1. The maximum absolute atomic E-state index is 5.97. The van der Waals surface area contributed by atoms with Gasteiger partial charge in [-0.05, 0) is 59.0 Å². The number of hydrogen-bond acceptors (Lipinski definition) is 3. The number of nitrogens with one attached hydrogen (secondary N) is 2. The zero-order chi connectivity index (χ0) is 16.9. The van der Waals surface area contributed by atoms with Crippen LogP contribution in [0.5, 0.6) is 0 Å². The summed E-state index contributed by atoms with van der Waals surface area (Å²) in [4.78, 5) is 7.33. The zero-order valence-electron chi connectivity index (χ0n) is 15.8. The lowest BCUT2D eigenvalue weighted by Crippen LogP contribution is -2.48. The molecule has 24 heavy (non-hydrogen) atoms. The molecule has 2 heterocycles. The van der Waals surface area contributed by atoms with Gasteiger partial charge in [-0.1, -0.05) is 19.3 Å². The van der Waals surface area contributed by atoms with Crippen molar-refractivity contribution in [3.8, 4) is 0 Å². The van der Waals surface area contributed by atoms with Crippen LogP contribution in [0.25, 0.3) is 0 Å². The molecule has 4 unspecified atom stereocenters. The molecule has 0 aromatic carbocycles. The van der Waals surface area contributed by atoms with Gasteiger partial charge in [-0.3, -0.25) is 4.99 Å². The summed E-state index contributed by atoms with van der Waals surface area (Å²) in [6.07, 6.45) is 11.4. The first kappa shape index (κ1) is 18.0. The van der Waals surface area contributed by atoms with Crippen molar-refractivity contribution in [2.24, 2.45) is 10.9 Å². The quantitative estimate of drug-likeness (QED) is 0.577. The molecule has 2 saturated heterocycles. The van der Waals surface area contributed by atoms with Gasteiger partial charge in [-0.2, -0.15) is 0 Å². The third-order valence-corrected chi connectivity index (χ3v) is 6.07. The molecular weight excluding hydrogens is 300 g/mol. The van der Waals surface area contributed by atoms with Crippen molar-refractivity contribution in [1.82, 2.24) is 15.5 Å². The summed E-state index contributed by atoms with van der Waals surface area (Å²) >= 11 is 0. The summed E-state index contributed by atoms with van der Waals surface area (Å²) in [6, 6.07) is 0.992. The van der Waals surface area contributed by atoms with Crippen LogP contribution >= 0.6 is 0 Å². The number of nitrogens with zero attached hydrogens (tertiary/aromatic N) is 2. The third kappa shape index (κ3) is 4.42. The highest BCUT2D eigenvalue weighted by molar-refractivity contribution is 5.80. The lowest BCUT2D eigenvalue weighted by Gasteiger charge is -2.34. The van der Waals surface area contributed by atoms with Crippen LogP contribution in [-0.4, -0.2) is 62.3 Å². The minimum absolute atomic E-state index is 0.391. The lowest BCUT2D eigenvalue weighted by molar-refractivity contribution is 0.0992. The van der Waals surface area contributed by atoms with Crippen molar-refractivity contribution in [3.63, 3.8) is 0 Å². The molecule has 0 aromatic heterocycles. The van der Waals surface area contributed by atoms with E-state index in [1.54, 1.807) is 0 Å². The number of rotatable bonds is 6. The Hall–Kier alpha value is -0.810. The Balaban J connectivity index is 1.58. The number of ether oxygens (including phenoxy) is 1. The first-order valence-corrected chi connectivity index (χ1v) is 10.0. The predicted octanol–water partition coefficient (Wildman–Crippen LogP) is 2.37. The average molecular weight is 337 g/mol. The predicted molar refractivity (Wildman–Crippen MR) is 99.5 cm³/mol. The van der Waals surface area contributed by atoms with Crippen LogP contribution in [0.4, 0.5) is 0 Å². The molecule has 2 N–H and O–H groups in total. The first-order valence-electron chi connectivity index (χ1n) is 10.0. The molecule has 3 aliphatic rings. The summed E-state index contributed by atoms with van der Waals surface area (Å²) in [5, 5.41) is 7.07. The summed E-state index contributed by atoms with van der Waals surface area (Å²) in [6.45, 7) is 3.93. The van der Waals surface area contributed by atoms with Gasteiger partial charge in [0.05, 0.1) is 24.8 Å². The molecule has 3 fully saturated rings. The normalized spacial score (nSPS) is 32.3. The third-order valence-electron chi connectivity index (χ3n) is 6.07. The second-order valence-corrected chi connectivity index (χ2v) is 8.01. The van der Waals surface area contributed by atoms with Gasteiger partial charge in [0.2, 0.25) is 0 Å². The molecule has 2 bridgehead atoms. The van der Waals surface area contributed by atoms with Gasteiger partial charge in [0.15, 0.2) is 5.96 Å². The fourth-order valence-corrected chi connectivity index (χ4v) is 4.72. The topological polar surface area (TPSA) is 48.9 Å². The zero-order valence-corrected chi connectivity index (χ0v) is 15.8. The summed E-state index contributed by atoms with van der Waals surface area (Å²) in [5.74, 6) is 1.77. The highest BCUT2D eigenvalue weighted by Gasteiger charge is 2.41. The molecule has 5 nitrogen and oxygen atoms in total. The highest BCUT2D eigenvalue weighted by atomic mass is 16.5. The maximum Gasteiger partial charge on any atom is 0.191 e. The molecule has 4 atom stereocenters. The van der Waals surface area contributed by atoms with E-state index in [9.17, 15) is 0 Å².